The lowest BCUT2D eigenvalue weighted by Gasteiger charge is -2.34. The van der Waals surface area contributed by atoms with E-state index in [-0.39, 0.29) is 11.5 Å². The van der Waals surface area contributed by atoms with Crippen LogP contribution in [0.1, 0.15) is 37.4 Å². The number of nitrogens with zero attached hydrogens (tertiary/aromatic N) is 2. The van der Waals surface area contributed by atoms with Crippen molar-refractivity contribution in [3.8, 4) is 0 Å². The average Bonchev–Trinajstić information content (AvgIpc) is 3.49. The lowest BCUT2D eigenvalue weighted by Crippen LogP contribution is -2.45. The number of hydrogen-bond donors (Lipinski definition) is 2. The first kappa shape index (κ1) is 16.6. The van der Waals surface area contributed by atoms with E-state index in [1.165, 1.54) is 0 Å². The van der Waals surface area contributed by atoms with Gasteiger partial charge in [0.15, 0.2) is 0 Å². The molecule has 2 N–H and O–H groups in total. The minimum atomic E-state index is -0.352. The molecule has 1 unspecified atom stereocenters. The van der Waals surface area contributed by atoms with Crippen LogP contribution in [0.5, 0.6) is 0 Å². The Hall–Kier alpha value is -1.91. The Morgan fingerprint density at radius 3 is 2.44 bits per heavy atom. The van der Waals surface area contributed by atoms with Gasteiger partial charge in [0.1, 0.15) is 5.82 Å². The average molecular weight is 337 g/mol. The number of rotatable bonds is 6. The normalized spacial score (nSPS) is 21.1. The van der Waals surface area contributed by atoms with E-state index in [0.29, 0.717) is 6.04 Å². The molecule has 2 heterocycles. The van der Waals surface area contributed by atoms with Crippen LogP contribution in [0.15, 0.2) is 54.7 Å². The maximum atomic E-state index is 10.8. The van der Waals surface area contributed by atoms with E-state index in [1.807, 2.05) is 42.6 Å². The number of piperidine rings is 1. The summed E-state index contributed by atoms with van der Waals surface area (Å²) in [6.07, 6.45) is 6.00. The maximum absolute atomic E-state index is 10.8. The molecule has 2 aliphatic rings. The van der Waals surface area contributed by atoms with Crippen molar-refractivity contribution >= 4 is 5.82 Å². The lowest BCUT2D eigenvalue weighted by atomic mass is 9.92. The smallest absolute Gasteiger partial charge is 0.128 e. The zero-order valence-corrected chi connectivity index (χ0v) is 14.6. The Labute approximate surface area is 149 Å². The maximum Gasteiger partial charge on any atom is 0.128 e. The summed E-state index contributed by atoms with van der Waals surface area (Å²) in [5.74, 6) is 1.08. The molecule has 2 aromatic rings. The second kappa shape index (κ2) is 7.14. The molecule has 25 heavy (non-hydrogen) atoms. The summed E-state index contributed by atoms with van der Waals surface area (Å²) in [7, 11) is 0. The van der Waals surface area contributed by atoms with E-state index in [0.717, 1.165) is 56.7 Å². The standard InChI is InChI=1S/C21H27N3O/c25-20(17-6-2-1-3-7-17)21(11-12-21)16-23-18-9-14-24(15-10-18)19-8-4-5-13-22-19/h1-8,13,18,20,23,25H,9-12,14-16H2. The molecule has 0 bridgehead atoms. The highest BCUT2D eigenvalue weighted by Crippen LogP contribution is 2.54. The minimum absolute atomic E-state index is 0.0411. The monoisotopic (exact) mass is 337 g/mol. The molecule has 1 saturated carbocycles. The van der Waals surface area contributed by atoms with E-state index in [9.17, 15) is 5.11 Å². The molecule has 1 atom stereocenters. The first-order valence-corrected chi connectivity index (χ1v) is 9.39. The van der Waals surface area contributed by atoms with Crippen molar-refractivity contribution in [1.82, 2.24) is 10.3 Å². The number of benzene rings is 1. The largest absolute Gasteiger partial charge is 0.388 e. The highest BCUT2D eigenvalue weighted by molar-refractivity contribution is 5.38. The van der Waals surface area contributed by atoms with Gasteiger partial charge in [-0.1, -0.05) is 36.4 Å². The highest BCUT2D eigenvalue weighted by atomic mass is 16.3. The van der Waals surface area contributed by atoms with Crippen molar-refractivity contribution in [2.75, 3.05) is 24.5 Å². The van der Waals surface area contributed by atoms with Crippen molar-refractivity contribution in [2.24, 2.45) is 5.41 Å². The van der Waals surface area contributed by atoms with Gasteiger partial charge in [-0.25, -0.2) is 4.98 Å². The first-order valence-electron chi connectivity index (χ1n) is 9.39. The van der Waals surface area contributed by atoms with E-state index in [1.54, 1.807) is 0 Å². The van der Waals surface area contributed by atoms with Gasteiger partial charge in [-0.2, -0.15) is 0 Å². The molecule has 4 heteroatoms. The van der Waals surface area contributed by atoms with Crippen molar-refractivity contribution in [3.05, 3.63) is 60.3 Å². The Morgan fingerprint density at radius 2 is 1.80 bits per heavy atom. The molecule has 132 valence electrons. The van der Waals surface area contributed by atoms with Crippen molar-refractivity contribution in [1.29, 1.82) is 0 Å². The molecule has 1 aliphatic heterocycles. The fourth-order valence-corrected chi connectivity index (χ4v) is 3.90. The second-order valence-electron chi connectivity index (χ2n) is 7.51. The fraction of sp³-hybridized carbons (Fsp3) is 0.476. The third-order valence-electron chi connectivity index (χ3n) is 5.80. The highest BCUT2D eigenvalue weighted by Gasteiger charge is 2.49. The summed E-state index contributed by atoms with van der Waals surface area (Å²) in [4.78, 5) is 6.82. The minimum Gasteiger partial charge on any atom is -0.388 e. The van der Waals surface area contributed by atoms with Gasteiger partial charge in [0.2, 0.25) is 0 Å². The summed E-state index contributed by atoms with van der Waals surface area (Å²) in [6, 6.07) is 16.7. The number of pyridine rings is 1. The van der Waals surface area contributed by atoms with E-state index >= 15 is 0 Å². The van der Waals surface area contributed by atoms with Crippen molar-refractivity contribution in [3.63, 3.8) is 0 Å². The lowest BCUT2D eigenvalue weighted by molar-refractivity contribution is 0.0892. The van der Waals surface area contributed by atoms with E-state index in [4.69, 9.17) is 0 Å². The summed E-state index contributed by atoms with van der Waals surface area (Å²) in [5, 5.41) is 14.5. The van der Waals surface area contributed by atoms with Gasteiger partial charge in [-0.3, -0.25) is 0 Å². The number of aromatic nitrogens is 1. The van der Waals surface area contributed by atoms with Crippen LogP contribution >= 0.6 is 0 Å². The van der Waals surface area contributed by atoms with E-state index < -0.39 is 0 Å². The molecule has 0 radical (unpaired) electrons. The van der Waals surface area contributed by atoms with Crippen molar-refractivity contribution < 1.29 is 5.11 Å². The molecule has 1 saturated heterocycles. The van der Waals surface area contributed by atoms with Crippen LogP contribution in [0.2, 0.25) is 0 Å². The van der Waals surface area contributed by atoms with Gasteiger partial charge in [0.05, 0.1) is 6.10 Å². The summed E-state index contributed by atoms with van der Waals surface area (Å²) in [5.41, 5.74) is 1.09. The Morgan fingerprint density at radius 1 is 1.08 bits per heavy atom. The summed E-state index contributed by atoms with van der Waals surface area (Å²) in [6.45, 7) is 3.00. The molecule has 4 rings (SSSR count). The Kier molecular flexibility index (Phi) is 4.73. The van der Waals surface area contributed by atoms with Crippen LogP contribution in [-0.2, 0) is 0 Å². The molecular weight excluding hydrogens is 310 g/mol. The predicted molar refractivity (Wildman–Crippen MR) is 101 cm³/mol. The SMILES string of the molecule is OC(c1ccccc1)C1(CNC2CCN(c3ccccn3)CC2)CC1. The molecule has 0 amide bonds. The third-order valence-corrected chi connectivity index (χ3v) is 5.80. The topological polar surface area (TPSA) is 48.4 Å². The van der Waals surface area contributed by atoms with Gasteiger partial charge >= 0.3 is 0 Å². The molecule has 1 aliphatic carbocycles. The fourth-order valence-electron chi connectivity index (χ4n) is 3.90. The van der Waals surface area contributed by atoms with E-state index in [2.05, 4.69) is 27.3 Å². The van der Waals surface area contributed by atoms with Crippen LogP contribution in [0.3, 0.4) is 0 Å². The molecule has 2 fully saturated rings. The zero-order chi connectivity index (χ0) is 17.1. The van der Waals surface area contributed by atoms with Gasteiger partial charge in [-0.15, -0.1) is 0 Å². The van der Waals surface area contributed by atoms with Gasteiger partial charge in [-0.05, 0) is 43.4 Å². The molecule has 1 aromatic carbocycles. The number of hydrogen-bond acceptors (Lipinski definition) is 4. The van der Waals surface area contributed by atoms with Crippen LogP contribution in [0.4, 0.5) is 5.82 Å². The summed E-state index contributed by atoms with van der Waals surface area (Å²) >= 11 is 0. The number of aliphatic hydroxyl groups is 1. The Balaban J connectivity index is 1.28. The van der Waals surface area contributed by atoms with Gasteiger partial charge < -0.3 is 15.3 Å². The van der Waals surface area contributed by atoms with Gasteiger partial charge in [0.25, 0.3) is 0 Å². The van der Waals surface area contributed by atoms with Crippen LogP contribution < -0.4 is 10.2 Å². The van der Waals surface area contributed by atoms with Crippen molar-refractivity contribution in [2.45, 2.75) is 37.8 Å². The molecule has 4 nitrogen and oxygen atoms in total. The third kappa shape index (κ3) is 3.70. The van der Waals surface area contributed by atoms with Crippen LogP contribution in [-0.4, -0.2) is 35.8 Å². The molecule has 1 aromatic heterocycles. The number of anilines is 1. The number of aliphatic hydroxyl groups excluding tert-OH is 1. The Bertz CT molecular complexity index is 664. The first-order chi connectivity index (χ1) is 12.3. The quantitative estimate of drug-likeness (QED) is 0.850. The molecule has 0 spiro atoms. The van der Waals surface area contributed by atoms with Gasteiger partial charge in [0, 0.05) is 37.3 Å². The number of nitrogens with one attached hydrogen (secondary N) is 1. The summed E-state index contributed by atoms with van der Waals surface area (Å²) < 4.78 is 0. The molecular formula is C21H27N3O. The predicted octanol–water partition coefficient (Wildman–Crippen LogP) is 3.15. The van der Waals surface area contributed by atoms with Crippen LogP contribution in [0.25, 0.3) is 0 Å². The second-order valence-corrected chi connectivity index (χ2v) is 7.51. The zero-order valence-electron chi connectivity index (χ0n) is 14.6. The van der Waals surface area contributed by atoms with Crippen LogP contribution in [0, 0.1) is 5.41 Å².